The van der Waals surface area contributed by atoms with E-state index in [0.29, 0.717) is 23.0 Å². The molecule has 1 amide bonds. The number of carbonyl (C=O) groups is 1. The van der Waals surface area contributed by atoms with Gasteiger partial charge >= 0.3 is 0 Å². The molecule has 3 aromatic rings. The van der Waals surface area contributed by atoms with Gasteiger partial charge in [0.1, 0.15) is 0 Å². The predicted molar refractivity (Wildman–Crippen MR) is 123 cm³/mol. The number of amides is 1. The second-order valence-electron chi connectivity index (χ2n) is 8.13. The van der Waals surface area contributed by atoms with Crippen LogP contribution in [-0.2, 0) is 0 Å². The average molecular weight is 440 g/mol. The van der Waals surface area contributed by atoms with Crippen molar-refractivity contribution in [1.29, 1.82) is 0 Å². The molecule has 6 nitrogen and oxygen atoms in total. The van der Waals surface area contributed by atoms with Gasteiger partial charge in [-0.05, 0) is 61.1 Å². The number of methoxy groups -OCH3 is 1. The van der Waals surface area contributed by atoms with Gasteiger partial charge in [0.05, 0.1) is 24.8 Å². The van der Waals surface area contributed by atoms with Gasteiger partial charge in [-0.3, -0.25) is 4.79 Å². The minimum atomic E-state index is -0.152. The van der Waals surface area contributed by atoms with Gasteiger partial charge in [-0.1, -0.05) is 29.8 Å². The van der Waals surface area contributed by atoms with Crippen molar-refractivity contribution >= 4 is 28.3 Å². The number of pyridine rings is 1. The Morgan fingerprint density at radius 3 is 2.68 bits per heavy atom. The highest BCUT2D eigenvalue weighted by Gasteiger charge is 2.36. The summed E-state index contributed by atoms with van der Waals surface area (Å²) in [7, 11) is 5.59. The van der Waals surface area contributed by atoms with Crippen LogP contribution in [0.15, 0.2) is 48.7 Å². The van der Waals surface area contributed by atoms with Gasteiger partial charge in [0.15, 0.2) is 0 Å². The molecule has 162 valence electrons. The molecule has 1 fully saturated rings. The van der Waals surface area contributed by atoms with Crippen LogP contribution >= 0.6 is 11.6 Å². The maximum absolute atomic E-state index is 13.2. The van der Waals surface area contributed by atoms with Crippen LogP contribution in [0, 0.1) is 0 Å². The number of nitrogens with zero attached hydrogens (tertiary/aromatic N) is 3. The SMILES string of the molecule is COc1ncc(Cl)cc1-c1ccc2cc(C(=O)N3C[C@@H](N(C)C)C[C@H]3CO)ccc2c1. The zero-order chi connectivity index (χ0) is 22.1. The lowest BCUT2D eigenvalue weighted by Crippen LogP contribution is -2.38. The van der Waals surface area contributed by atoms with Crippen LogP contribution in [0.4, 0.5) is 0 Å². The highest BCUT2D eigenvalue weighted by atomic mass is 35.5. The first-order valence-corrected chi connectivity index (χ1v) is 10.6. The number of rotatable bonds is 5. The number of aliphatic hydroxyl groups excluding tert-OH is 1. The molecule has 1 aromatic heterocycles. The topological polar surface area (TPSA) is 65.9 Å². The minimum Gasteiger partial charge on any atom is -0.481 e. The Balaban J connectivity index is 1.65. The molecular weight excluding hydrogens is 414 g/mol. The fourth-order valence-electron chi connectivity index (χ4n) is 4.20. The van der Waals surface area contributed by atoms with Crippen LogP contribution in [0.1, 0.15) is 16.8 Å². The Kier molecular flexibility index (Phi) is 6.14. The van der Waals surface area contributed by atoms with Crippen molar-refractivity contribution in [3.8, 4) is 17.0 Å². The minimum absolute atomic E-state index is 0.0253. The summed E-state index contributed by atoms with van der Waals surface area (Å²) in [6.07, 6.45) is 2.34. The van der Waals surface area contributed by atoms with E-state index >= 15 is 0 Å². The molecule has 1 aliphatic heterocycles. The smallest absolute Gasteiger partial charge is 0.254 e. The zero-order valence-electron chi connectivity index (χ0n) is 17.9. The van der Waals surface area contributed by atoms with Gasteiger partial charge in [-0.15, -0.1) is 0 Å². The largest absolute Gasteiger partial charge is 0.481 e. The third kappa shape index (κ3) is 4.24. The maximum atomic E-state index is 13.2. The second kappa shape index (κ2) is 8.83. The number of aliphatic hydroxyl groups is 1. The van der Waals surface area contributed by atoms with Crippen LogP contribution in [0.25, 0.3) is 21.9 Å². The van der Waals surface area contributed by atoms with Crippen molar-refractivity contribution in [3.05, 3.63) is 59.2 Å². The third-order valence-corrected chi connectivity index (χ3v) is 6.21. The molecule has 0 saturated carbocycles. The van der Waals surface area contributed by atoms with Crippen molar-refractivity contribution in [3.63, 3.8) is 0 Å². The van der Waals surface area contributed by atoms with Crippen molar-refractivity contribution in [1.82, 2.24) is 14.8 Å². The lowest BCUT2D eigenvalue weighted by molar-refractivity contribution is 0.0673. The number of carbonyl (C=O) groups excluding carboxylic acids is 1. The van der Waals surface area contributed by atoms with Gasteiger partial charge in [0.25, 0.3) is 5.91 Å². The summed E-state index contributed by atoms with van der Waals surface area (Å²) in [5.74, 6) is 0.463. The highest BCUT2D eigenvalue weighted by Crippen LogP contribution is 2.33. The number of hydrogen-bond donors (Lipinski definition) is 1. The lowest BCUT2D eigenvalue weighted by Gasteiger charge is -2.23. The molecule has 2 atom stereocenters. The van der Waals surface area contributed by atoms with E-state index in [1.807, 2.05) is 56.6 Å². The Morgan fingerprint density at radius 1 is 1.23 bits per heavy atom. The molecule has 4 rings (SSSR count). The molecule has 2 aromatic carbocycles. The monoisotopic (exact) mass is 439 g/mol. The molecular formula is C24H26ClN3O3. The predicted octanol–water partition coefficient (Wildman–Crippen LogP) is 3.70. The molecule has 0 radical (unpaired) electrons. The summed E-state index contributed by atoms with van der Waals surface area (Å²) in [4.78, 5) is 21.3. The number of likely N-dealkylation sites (N-methyl/N-ethyl adjacent to an activating group) is 1. The van der Waals surface area contributed by atoms with Crippen LogP contribution in [-0.4, -0.2) is 72.2 Å². The molecule has 0 spiro atoms. The van der Waals surface area contributed by atoms with E-state index in [1.54, 1.807) is 18.2 Å². The molecule has 2 heterocycles. The summed E-state index contributed by atoms with van der Waals surface area (Å²) >= 11 is 6.13. The molecule has 0 unspecified atom stereocenters. The number of aromatic nitrogens is 1. The van der Waals surface area contributed by atoms with Gasteiger partial charge in [0, 0.05) is 29.9 Å². The fraction of sp³-hybridized carbons (Fsp3) is 0.333. The van der Waals surface area contributed by atoms with Crippen LogP contribution < -0.4 is 4.74 Å². The van der Waals surface area contributed by atoms with Gasteiger partial charge in [-0.25, -0.2) is 4.98 Å². The Labute approximate surface area is 187 Å². The first-order chi connectivity index (χ1) is 14.9. The van der Waals surface area contributed by atoms with E-state index in [4.69, 9.17) is 16.3 Å². The summed E-state index contributed by atoms with van der Waals surface area (Å²) in [6, 6.07) is 13.6. The molecule has 1 aliphatic rings. The van der Waals surface area contributed by atoms with Crippen LogP contribution in [0.3, 0.4) is 0 Å². The quantitative estimate of drug-likeness (QED) is 0.656. The number of ether oxygens (including phenoxy) is 1. The molecule has 31 heavy (non-hydrogen) atoms. The Bertz CT molecular complexity index is 1120. The number of benzene rings is 2. The van der Waals surface area contributed by atoms with Gasteiger partial charge < -0.3 is 19.6 Å². The van der Waals surface area contributed by atoms with E-state index in [1.165, 1.54) is 0 Å². The standard InChI is InChI=1S/C24H26ClN3O3/c1-27(2)20-11-21(14-29)28(13-20)24(30)18-7-5-15-8-17(6-4-16(15)9-18)22-10-19(25)12-26-23(22)31-3/h4-10,12,20-21,29H,11,13-14H2,1-3H3/t20-,21-/m0/s1. The van der Waals surface area contributed by atoms with Gasteiger partial charge in [0.2, 0.25) is 5.88 Å². The normalized spacial score (nSPS) is 18.7. The van der Waals surface area contributed by atoms with Crippen molar-refractivity contribution in [2.24, 2.45) is 0 Å². The lowest BCUT2D eigenvalue weighted by atomic mass is 10.00. The number of hydrogen-bond acceptors (Lipinski definition) is 5. The van der Waals surface area contributed by atoms with E-state index in [9.17, 15) is 9.90 Å². The van der Waals surface area contributed by atoms with Crippen LogP contribution in [0.5, 0.6) is 5.88 Å². The number of likely N-dealkylation sites (tertiary alicyclic amines) is 1. The molecule has 0 bridgehead atoms. The average Bonchev–Trinajstić information content (AvgIpc) is 3.22. The molecule has 1 N–H and O–H groups in total. The van der Waals surface area contributed by atoms with Crippen molar-refractivity contribution in [2.75, 3.05) is 34.4 Å². The Hall–Kier alpha value is -2.67. The summed E-state index contributed by atoms with van der Waals surface area (Å²) in [5.41, 5.74) is 2.38. The second-order valence-corrected chi connectivity index (χ2v) is 8.57. The van der Waals surface area contributed by atoms with E-state index in [-0.39, 0.29) is 24.6 Å². The van der Waals surface area contributed by atoms with E-state index in [2.05, 4.69) is 9.88 Å². The highest BCUT2D eigenvalue weighted by molar-refractivity contribution is 6.30. The summed E-state index contributed by atoms with van der Waals surface area (Å²) < 4.78 is 5.38. The van der Waals surface area contributed by atoms with E-state index < -0.39 is 0 Å². The molecule has 0 aliphatic carbocycles. The molecule has 7 heteroatoms. The third-order valence-electron chi connectivity index (χ3n) is 6.00. The maximum Gasteiger partial charge on any atom is 0.254 e. The molecule has 1 saturated heterocycles. The first kappa shape index (κ1) is 21.6. The van der Waals surface area contributed by atoms with Crippen molar-refractivity contribution < 1.29 is 14.6 Å². The summed E-state index contributed by atoms with van der Waals surface area (Å²) in [6.45, 7) is 0.595. The van der Waals surface area contributed by atoms with Crippen molar-refractivity contribution in [2.45, 2.75) is 18.5 Å². The fourth-order valence-corrected chi connectivity index (χ4v) is 4.35. The zero-order valence-corrected chi connectivity index (χ0v) is 18.6. The summed E-state index contributed by atoms with van der Waals surface area (Å²) in [5, 5.41) is 12.3. The number of fused-ring (bicyclic) bond motifs is 1. The number of halogens is 1. The van der Waals surface area contributed by atoms with Gasteiger partial charge in [-0.2, -0.15) is 0 Å². The first-order valence-electron chi connectivity index (χ1n) is 10.2. The Morgan fingerprint density at radius 2 is 1.97 bits per heavy atom. The van der Waals surface area contributed by atoms with E-state index in [0.717, 1.165) is 28.3 Å². The van der Waals surface area contributed by atoms with Crippen LogP contribution in [0.2, 0.25) is 5.02 Å².